The van der Waals surface area contributed by atoms with Gasteiger partial charge in [-0.25, -0.2) is 14.5 Å². The molecule has 3 heterocycles. The lowest BCUT2D eigenvalue weighted by atomic mass is 10.1. The average Bonchev–Trinajstić information content (AvgIpc) is 3.24. The van der Waals surface area contributed by atoms with E-state index in [2.05, 4.69) is 20.3 Å². The fraction of sp³-hybridized carbons (Fsp3) is 0.308. The van der Waals surface area contributed by atoms with Crippen LogP contribution in [0.1, 0.15) is 24.0 Å². The van der Waals surface area contributed by atoms with E-state index in [-0.39, 0.29) is 11.6 Å². The van der Waals surface area contributed by atoms with Gasteiger partial charge in [0.2, 0.25) is 0 Å². The summed E-state index contributed by atoms with van der Waals surface area (Å²) in [6.07, 6.45) is 0.887. The normalized spacial score (nSPS) is 14.3. The van der Waals surface area contributed by atoms with Crippen LogP contribution in [-0.2, 0) is 12.8 Å². The molecule has 3 aliphatic rings. The highest BCUT2D eigenvalue weighted by atomic mass is 35.5. The van der Waals surface area contributed by atoms with Crippen molar-refractivity contribution in [2.24, 2.45) is 0 Å². The molecule has 0 spiro atoms. The molecule has 0 unspecified atom stereocenters. The maximum atomic E-state index is 13.1. The number of hydrogen-bond donors (Lipinski definition) is 2. The minimum atomic E-state index is -0.380. The summed E-state index contributed by atoms with van der Waals surface area (Å²) in [7, 11) is 2.05. The Bertz CT molecular complexity index is 1490. The van der Waals surface area contributed by atoms with E-state index >= 15 is 0 Å². The summed E-state index contributed by atoms with van der Waals surface area (Å²) in [5.41, 5.74) is 2.73. The van der Waals surface area contributed by atoms with Crippen molar-refractivity contribution in [1.82, 2.24) is 29.5 Å². The Balaban J connectivity index is 1.40. The second-order valence-corrected chi connectivity index (χ2v) is 10.5. The Morgan fingerprint density at radius 1 is 1.03 bits per heavy atom. The molecule has 38 heavy (non-hydrogen) atoms. The Kier molecular flexibility index (Phi) is 7.63. The summed E-state index contributed by atoms with van der Waals surface area (Å²) in [5, 5.41) is 7.19. The third-order valence-corrected chi connectivity index (χ3v) is 7.37. The number of carbonyl (C=O) groups excluding carboxylic acids is 1. The van der Waals surface area contributed by atoms with E-state index in [1.807, 2.05) is 43.1 Å². The lowest BCUT2D eigenvalue weighted by Gasteiger charge is -2.32. The number of anilines is 1. The van der Waals surface area contributed by atoms with Crippen molar-refractivity contribution in [3.8, 4) is 17.1 Å². The number of urea groups is 1. The number of carbonyl (C=O) groups is 1. The number of amides is 2. The van der Waals surface area contributed by atoms with Gasteiger partial charge in [-0.05, 0) is 43.3 Å². The molecule has 198 valence electrons. The van der Waals surface area contributed by atoms with Crippen LogP contribution in [0.4, 0.5) is 10.5 Å². The van der Waals surface area contributed by atoms with Crippen LogP contribution in [0.2, 0.25) is 15.1 Å². The highest BCUT2D eigenvalue weighted by molar-refractivity contribution is 6.40. The largest absolute Gasteiger partial charge is 0.322 e. The van der Waals surface area contributed by atoms with Gasteiger partial charge in [-0.1, -0.05) is 53.9 Å². The number of hydrogen-bond acceptors (Lipinski definition) is 5. The molecule has 2 N–H and O–H groups in total. The second kappa shape index (κ2) is 10.9. The van der Waals surface area contributed by atoms with Crippen molar-refractivity contribution < 1.29 is 4.79 Å². The molecular weight excluding hydrogens is 549 g/mol. The molecule has 0 aromatic heterocycles. The maximum absolute atomic E-state index is 13.1. The number of nitrogens with zero attached hydrogens (tertiary/aromatic N) is 5. The molecule has 9 nitrogen and oxygen atoms in total. The van der Waals surface area contributed by atoms with E-state index in [1.54, 1.807) is 16.8 Å². The number of likely N-dealkylation sites (N-methyl/N-ethyl adjacent to an activating group) is 1. The van der Waals surface area contributed by atoms with E-state index in [0.29, 0.717) is 75.3 Å². The van der Waals surface area contributed by atoms with Gasteiger partial charge < -0.3 is 15.1 Å². The van der Waals surface area contributed by atoms with Crippen LogP contribution in [-0.4, -0.2) is 68.8 Å². The number of aromatic nitrogens is 4. The first-order valence-electron chi connectivity index (χ1n) is 12.2. The van der Waals surface area contributed by atoms with Crippen molar-refractivity contribution in [3.63, 3.8) is 0 Å². The molecule has 1 saturated heterocycles. The number of rotatable bonds is 5. The number of H-pyrrole nitrogens is 1. The van der Waals surface area contributed by atoms with Gasteiger partial charge in [0, 0.05) is 49.0 Å². The molecule has 0 aliphatic carbocycles. The minimum Gasteiger partial charge on any atom is -0.322 e. The van der Waals surface area contributed by atoms with E-state index in [1.165, 1.54) is 0 Å². The van der Waals surface area contributed by atoms with Crippen LogP contribution >= 0.6 is 34.8 Å². The third kappa shape index (κ3) is 5.37. The van der Waals surface area contributed by atoms with Gasteiger partial charge in [0.25, 0.3) is 5.56 Å². The molecule has 12 heteroatoms. The lowest BCUT2D eigenvalue weighted by Crippen LogP contribution is -2.48. The zero-order chi connectivity index (χ0) is 27.0. The fourth-order valence-corrected chi connectivity index (χ4v) is 5.47. The van der Waals surface area contributed by atoms with Crippen LogP contribution in [0.5, 0.6) is 0 Å². The maximum Gasteiger partial charge on any atom is 0.321 e. The van der Waals surface area contributed by atoms with Gasteiger partial charge in [-0.2, -0.15) is 4.98 Å². The van der Waals surface area contributed by atoms with Gasteiger partial charge >= 0.3 is 6.03 Å². The molecule has 2 aromatic carbocycles. The lowest BCUT2D eigenvalue weighted by molar-refractivity contribution is 0.164. The van der Waals surface area contributed by atoms with Gasteiger partial charge in [0.15, 0.2) is 5.82 Å². The standard InChI is InChI=1S/C26H26Cl3N7O2/c1-3-20-22-24(36(33-20)23-18(28)13-16(27)14-19(23)29)31-21(32-25(22)37)12-15-4-6-17(7-5-15)30-26(38)35-10-8-34(2)9-11-35/h4-7,13-14,33H,3,8-12H2,1-2H3,(H,30,38). The zero-order valence-electron chi connectivity index (χ0n) is 20.9. The molecule has 2 aromatic rings. The zero-order valence-corrected chi connectivity index (χ0v) is 23.2. The molecule has 1 fully saturated rings. The monoisotopic (exact) mass is 573 g/mol. The summed E-state index contributed by atoms with van der Waals surface area (Å²) in [4.78, 5) is 38.6. The van der Waals surface area contributed by atoms with Gasteiger partial charge in [-0.3, -0.25) is 9.89 Å². The first-order chi connectivity index (χ1) is 18.2. The predicted molar refractivity (Wildman–Crippen MR) is 150 cm³/mol. The second-order valence-electron chi connectivity index (χ2n) is 9.24. The Morgan fingerprint density at radius 2 is 1.68 bits per heavy atom. The quantitative estimate of drug-likeness (QED) is 0.351. The van der Waals surface area contributed by atoms with Crippen molar-refractivity contribution in [2.45, 2.75) is 19.8 Å². The molecule has 3 aliphatic heterocycles. The average molecular weight is 575 g/mol. The van der Waals surface area contributed by atoms with Crippen molar-refractivity contribution >= 4 is 46.5 Å². The topological polar surface area (TPSA) is 99.2 Å². The van der Waals surface area contributed by atoms with Crippen LogP contribution in [0.15, 0.2) is 41.2 Å². The number of piperazine rings is 1. The number of aromatic amines is 1. The summed E-state index contributed by atoms with van der Waals surface area (Å²) < 4.78 is 1.61. The molecule has 0 radical (unpaired) electrons. The molecule has 0 saturated carbocycles. The van der Waals surface area contributed by atoms with Crippen LogP contribution < -0.4 is 10.9 Å². The van der Waals surface area contributed by atoms with E-state index in [4.69, 9.17) is 39.8 Å². The van der Waals surface area contributed by atoms with Crippen molar-refractivity contribution in [2.75, 3.05) is 38.5 Å². The molecule has 2 amide bonds. The first kappa shape index (κ1) is 26.5. The van der Waals surface area contributed by atoms with Crippen LogP contribution in [0, 0.1) is 0 Å². The predicted octanol–water partition coefficient (Wildman–Crippen LogP) is 4.95. The Hall–Kier alpha value is -3.11. The van der Waals surface area contributed by atoms with Crippen molar-refractivity contribution in [3.05, 3.63) is 78.9 Å². The number of nitrogens with one attached hydrogen (secondary N) is 2. The first-order valence-corrected chi connectivity index (χ1v) is 13.4. The van der Waals surface area contributed by atoms with Gasteiger partial charge in [-0.15, -0.1) is 0 Å². The van der Waals surface area contributed by atoms with E-state index in [0.717, 1.165) is 18.7 Å². The Morgan fingerprint density at radius 3 is 2.32 bits per heavy atom. The summed E-state index contributed by atoms with van der Waals surface area (Å²) in [6.45, 7) is 5.04. The fourth-order valence-electron chi connectivity index (χ4n) is 4.49. The van der Waals surface area contributed by atoms with Crippen molar-refractivity contribution in [1.29, 1.82) is 0 Å². The SMILES string of the molecule is CCc1[nH]n(-c2c(Cl)cc(Cl)cc2Cl)c2nc(Cc3ccc(NC(=O)N4CCN(C)CC4)cc3)nc(=O)c1-2. The number of benzene rings is 2. The Labute approximate surface area is 234 Å². The smallest absolute Gasteiger partial charge is 0.321 e. The number of aryl methyl sites for hydroxylation is 1. The minimum absolute atomic E-state index is 0.112. The third-order valence-electron chi connectivity index (χ3n) is 6.58. The number of fused-ring (bicyclic) bond motifs is 1. The highest BCUT2D eigenvalue weighted by Gasteiger charge is 2.25. The van der Waals surface area contributed by atoms with Crippen LogP contribution in [0.25, 0.3) is 17.1 Å². The number of halogens is 3. The molecular formula is C26H26Cl3N7O2. The van der Waals surface area contributed by atoms with Gasteiger partial charge in [0.05, 0.1) is 10.0 Å². The molecule has 0 bridgehead atoms. The van der Waals surface area contributed by atoms with E-state index < -0.39 is 0 Å². The summed E-state index contributed by atoms with van der Waals surface area (Å²) in [6, 6.07) is 10.5. The molecule has 0 atom stereocenters. The van der Waals surface area contributed by atoms with Crippen LogP contribution in [0.3, 0.4) is 0 Å². The highest BCUT2D eigenvalue weighted by Crippen LogP contribution is 2.35. The summed E-state index contributed by atoms with van der Waals surface area (Å²) in [5.74, 6) is 0.743. The van der Waals surface area contributed by atoms with Gasteiger partial charge in [0.1, 0.15) is 17.1 Å². The van der Waals surface area contributed by atoms with E-state index in [9.17, 15) is 9.59 Å². The molecule has 5 rings (SSSR count). The summed E-state index contributed by atoms with van der Waals surface area (Å²) >= 11 is 19.0.